The monoisotopic (exact) mass is 207 g/mol. The molecule has 0 spiro atoms. The lowest BCUT2D eigenvalue weighted by atomic mass is 10.1. The van der Waals surface area contributed by atoms with Crippen molar-refractivity contribution in [1.29, 1.82) is 0 Å². The maximum Gasteiger partial charge on any atom is 0.325 e. The van der Waals surface area contributed by atoms with Gasteiger partial charge in [0.05, 0.1) is 0 Å². The topological polar surface area (TPSA) is 66.4 Å². The number of hydrogen-bond acceptors (Lipinski definition) is 2. The Morgan fingerprint density at radius 3 is 2.08 bits per heavy atom. The van der Waals surface area contributed by atoms with Crippen LogP contribution in [0.3, 0.4) is 0 Å². The minimum absolute atomic E-state index is 0.0114. The lowest BCUT2D eigenvalue weighted by Crippen LogP contribution is -2.43. The van der Waals surface area contributed by atoms with Crippen LogP contribution < -0.4 is 5.32 Å². The maximum absolute atomic E-state index is 11.2. The van der Waals surface area contributed by atoms with Crippen molar-refractivity contribution in [2.45, 2.75) is 32.2 Å². The highest BCUT2D eigenvalue weighted by Gasteiger charge is 2.22. The molecule has 0 aromatic heterocycles. The van der Waals surface area contributed by atoms with E-state index in [9.17, 15) is 9.59 Å². The lowest BCUT2D eigenvalue weighted by molar-refractivity contribution is -0.141. The van der Waals surface area contributed by atoms with E-state index < -0.39 is 23.3 Å². The van der Waals surface area contributed by atoms with Crippen LogP contribution in [-0.4, -0.2) is 28.4 Å². The van der Waals surface area contributed by atoms with Crippen molar-refractivity contribution in [3.8, 4) is 0 Å². The number of halogens is 1. The number of carboxylic acids is 1. The zero-order chi connectivity index (χ0) is 10.6. The summed E-state index contributed by atoms with van der Waals surface area (Å²) in [5.41, 5.74) is 0. The molecule has 2 atom stereocenters. The molecule has 13 heavy (non-hydrogen) atoms. The van der Waals surface area contributed by atoms with Crippen LogP contribution in [0.15, 0.2) is 0 Å². The van der Waals surface area contributed by atoms with Crippen LogP contribution >= 0.6 is 11.6 Å². The van der Waals surface area contributed by atoms with E-state index in [1.54, 1.807) is 13.8 Å². The molecule has 0 heterocycles. The third-order valence-electron chi connectivity index (χ3n) is 1.56. The SMILES string of the molecule is CC(NC(=O)C(Cl)C(C)C)C(=O)O. The van der Waals surface area contributed by atoms with E-state index in [1.807, 2.05) is 0 Å². The van der Waals surface area contributed by atoms with Crippen molar-refractivity contribution in [2.75, 3.05) is 0 Å². The Labute approximate surface area is 82.3 Å². The minimum Gasteiger partial charge on any atom is -0.480 e. The molecule has 0 aliphatic rings. The van der Waals surface area contributed by atoms with Crippen molar-refractivity contribution >= 4 is 23.5 Å². The molecule has 1 amide bonds. The molecular weight excluding hydrogens is 194 g/mol. The standard InChI is InChI=1S/C8H14ClNO3/c1-4(2)6(9)7(11)10-5(3)8(12)13/h4-6H,1-3H3,(H,10,11)(H,12,13). The summed E-state index contributed by atoms with van der Waals surface area (Å²) < 4.78 is 0. The summed E-state index contributed by atoms with van der Waals surface area (Å²) in [6.45, 7) is 4.98. The Morgan fingerprint density at radius 1 is 1.31 bits per heavy atom. The Kier molecular flexibility index (Phi) is 4.77. The van der Waals surface area contributed by atoms with Crippen LogP contribution in [-0.2, 0) is 9.59 Å². The van der Waals surface area contributed by atoms with Gasteiger partial charge in [0.15, 0.2) is 0 Å². The van der Waals surface area contributed by atoms with Gasteiger partial charge in [-0.25, -0.2) is 0 Å². The number of nitrogens with one attached hydrogen (secondary N) is 1. The van der Waals surface area contributed by atoms with Crippen LogP contribution in [0.25, 0.3) is 0 Å². The van der Waals surface area contributed by atoms with Crippen molar-refractivity contribution < 1.29 is 14.7 Å². The summed E-state index contributed by atoms with van der Waals surface area (Å²) in [7, 11) is 0. The fourth-order valence-corrected chi connectivity index (χ4v) is 0.720. The summed E-state index contributed by atoms with van der Waals surface area (Å²) in [5.74, 6) is -1.52. The molecule has 0 aliphatic carbocycles. The molecule has 0 aliphatic heterocycles. The van der Waals surface area contributed by atoms with E-state index in [0.29, 0.717) is 0 Å². The lowest BCUT2D eigenvalue weighted by Gasteiger charge is -2.15. The van der Waals surface area contributed by atoms with Crippen LogP contribution in [0.5, 0.6) is 0 Å². The van der Waals surface area contributed by atoms with Gasteiger partial charge in [-0.3, -0.25) is 9.59 Å². The molecule has 0 rings (SSSR count). The molecule has 0 saturated heterocycles. The molecule has 0 aromatic rings. The van der Waals surface area contributed by atoms with Gasteiger partial charge in [-0.1, -0.05) is 13.8 Å². The predicted molar refractivity (Wildman–Crippen MR) is 49.7 cm³/mol. The first kappa shape index (κ1) is 12.2. The highest BCUT2D eigenvalue weighted by atomic mass is 35.5. The van der Waals surface area contributed by atoms with Gasteiger partial charge < -0.3 is 10.4 Å². The highest BCUT2D eigenvalue weighted by molar-refractivity contribution is 6.31. The van der Waals surface area contributed by atoms with Crippen molar-refractivity contribution in [1.82, 2.24) is 5.32 Å². The van der Waals surface area contributed by atoms with E-state index in [1.165, 1.54) is 6.92 Å². The summed E-state index contributed by atoms with van der Waals surface area (Å²) in [5, 5.41) is 10.1. The van der Waals surface area contributed by atoms with Crippen molar-refractivity contribution in [3.05, 3.63) is 0 Å². The van der Waals surface area contributed by atoms with Crippen molar-refractivity contribution in [2.24, 2.45) is 5.92 Å². The highest BCUT2D eigenvalue weighted by Crippen LogP contribution is 2.09. The maximum atomic E-state index is 11.2. The summed E-state index contributed by atoms with van der Waals surface area (Å²) in [4.78, 5) is 21.6. The average molecular weight is 208 g/mol. The normalized spacial score (nSPS) is 15.2. The van der Waals surface area contributed by atoms with Gasteiger partial charge in [0.1, 0.15) is 11.4 Å². The Balaban J connectivity index is 4.08. The number of hydrogen-bond donors (Lipinski definition) is 2. The summed E-state index contributed by atoms with van der Waals surface area (Å²) in [6, 6.07) is -0.896. The second-order valence-electron chi connectivity index (χ2n) is 3.21. The number of alkyl halides is 1. The summed E-state index contributed by atoms with van der Waals surface area (Å²) >= 11 is 5.71. The third kappa shape index (κ3) is 4.12. The molecule has 4 nitrogen and oxygen atoms in total. The quantitative estimate of drug-likeness (QED) is 0.672. The fraction of sp³-hybridized carbons (Fsp3) is 0.750. The van der Waals surface area contributed by atoms with Gasteiger partial charge in [0.2, 0.25) is 5.91 Å². The van der Waals surface area contributed by atoms with Gasteiger partial charge >= 0.3 is 5.97 Å². The molecule has 2 unspecified atom stereocenters. The average Bonchev–Trinajstić information content (AvgIpc) is 2.02. The number of carbonyl (C=O) groups excluding carboxylic acids is 1. The Bertz CT molecular complexity index is 206. The van der Waals surface area contributed by atoms with Crippen LogP contribution in [0.4, 0.5) is 0 Å². The van der Waals surface area contributed by atoms with Gasteiger partial charge in [-0.15, -0.1) is 11.6 Å². The number of carboxylic acid groups (broad SMARTS) is 1. The van der Waals surface area contributed by atoms with E-state index in [-0.39, 0.29) is 5.92 Å². The Morgan fingerprint density at radius 2 is 1.77 bits per heavy atom. The van der Waals surface area contributed by atoms with Crippen LogP contribution in [0, 0.1) is 5.92 Å². The van der Waals surface area contributed by atoms with Crippen LogP contribution in [0.2, 0.25) is 0 Å². The second-order valence-corrected chi connectivity index (χ2v) is 3.68. The molecule has 0 radical (unpaired) electrons. The fourth-order valence-electron chi connectivity index (χ4n) is 0.657. The predicted octanol–water partition coefficient (Wildman–Crippen LogP) is 0.839. The van der Waals surface area contributed by atoms with E-state index in [0.717, 1.165) is 0 Å². The third-order valence-corrected chi connectivity index (χ3v) is 2.27. The minimum atomic E-state index is -1.07. The number of rotatable bonds is 4. The largest absolute Gasteiger partial charge is 0.480 e. The number of carbonyl (C=O) groups is 2. The second kappa shape index (κ2) is 5.07. The molecule has 0 aromatic carbocycles. The van der Waals surface area contributed by atoms with E-state index >= 15 is 0 Å². The number of amides is 1. The van der Waals surface area contributed by atoms with Crippen LogP contribution in [0.1, 0.15) is 20.8 Å². The van der Waals surface area contributed by atoms with Gasteiger partial charge in [0.25, 0.3) is 0 Å². The van der Waals surface area contributed by atoms with E-state index in [2.05, 4.69) is 5.32 Å². The molecule has 0 bridgehead atoms. The Hall–Kier alpha value is -0.770. The summed E-state index contributed by atoms with van der Waals surface area (Å²) in [6.07, 6.45) is 0. The molecule has 76 valence electrons. The molecule has 0 fully saturated rings. The smallest absolute Gasteiger partial charge is 0.325 e. The molecular formula is C8H14ClNO3. The number of aliphatic carboxylic acids is 1. The van der Waals surface area contributed by atoms with Gasteiger partial charge in [-0.05, 0) is 12.8 Å². The first-order valence-corrected chi connectivity index (χ1v) is 4.47. The van der Waals surface area contributed by atoms with Gasteiger partial charge in [0, 0.05) is 0 Å². The van der Waals surface area contributed by atoms with E-state index in [4.69, 9.17) is 16.7 Å². The zero-order valence-electron chi connectivity index (χ0n) is 7.87. The molecule has 2 N–H and O–H groups in total. The first-order valence-electron chi connectivity index (χ1n) is 4.03. The molecule has 0 saturated carbocycles. The zero-order valence-corrected chi connectivity index (χ0v) is 8.63. The van der Waals surface area contributed by atoms with Gasteiger partial charge in [-0.2, -0.15) is 0 Å². The van der Waals surface area contributed by atoms with Crippen molar-refractivity contribution in [3.63, 3.8) is 0 Å². The molecule has 5 heteroatoms. The first-order chi connectivity index (χ1) is 5.86.